The standard InChI is InChI=1S/C18H18N2O5/c21-14(19-8-10-4-3-7-11(10)15(19)18(24)25)9-20-16(22)12-5-1-2-6-13(12)17(20)23/h1-2,5-6,10-11,15H,3-4,7-9H2,(H,24,25). The molecule has 7 nitrogen and oxygen atoms in total. The summed E-state index contributed by atoms with van der Waals surface area (Å²) in [5.74, 6) is -2.31. The highest BCUT2D eigenvalue weighted by molar-refractivity contribution is 6.22. The molecule has 3 unspecified atom stereocenters. The third kappa shape index (κ3) is 2.33. The largest absolute Gasteiger partial charge is 0.480 e. The number of benzene rings is 1. The van der Waals surface area contributed by atoms with Gasteiger partial charge < -0.3 is 10.0 Å². The van der Waals surface area contributed by atoms with Crippen LogP contribution in [-0.2, 0) is 9.59 Å². The first-order valence-corrected chi connectivity index (χ1v) is 8.46. The fourth-order valence-corrected chi connectivity index (χ4v) is 4.49. The van der Waals surface area contributed by atoms with Gasteiger partial charge in [0, 0.05) is 6.54 Å². The lowest BCUT2D eigenvalue weighted by Gasteiger charge is -2.26. The summed E-state index contributed by atoms with van der Waals surface area (Å²) in [6, 6.07) is 5.59. The third-order valence-electron chi connectivity index (χ3n) is 5.64. The Balaban J connectivity index is 1.54. The predicted molar refractivity (Wildman–Crippen MR) is 85.8 cm³/mol. The molecule has 25 heavy (non-hydrogen) atoms. The number of carboxylic acids is 1. The van der Waals surface area contributed by atoms with Crippen molar-refractivity contribution in [3.63, 3.8) is 0 Å². The Hall–Kier alpha value is -2.70. The van der Waals surface area contributed by atoms with E-state index in [9.17, 15) is 24.3 Å². The lowest BCUT2D eigenvalue weighted by molar-refractivity contribution is -0.149. The minimum Gasteiger partial charge on any atom is -0.480 e. The van der Waals surface area contributed by atoms with Crippen LogP contribution in [0.2, 0.25) is 0 Å². The monoisotopic (exact) mass is 342 g/mol. The van der Waals surface area contributed by atoms with Gasteiger partial charge in [-0.25, -0.2) is 4.79 Å². The maximum Gasteiger partial charge on any atom is 0.326 e. The molecule has 2 fully saturated rings. The van der Waals surface area contributed by atoms with E-state index in [1.54, 1.807) is 24.3 Å². The number of hydrogen-bond donors (Lipinski definition) is 1. The van der Waals surface area contributed by atoms with E-state index < -0.39 is 36.3 Å². The van der Waals surface area contributed by atoms with Gasteiger partial charge in [0.05, 0.1) is 11.1 Å². The van der Waals surface area contributed by atoms with Crippen LogP contribution in [0.15, 0.2) is 24.3 Å². The lowest BCUT2D eigenvalue weighted by atomic mass is 9.94. The molecule has 7 heteroatoms. The molecule has 1 aromatic rings. The van der Waals surface area contributed by atoms with Crippen molar-refractivity contribution in [1.82, 2.24) is 9.80 Å². The van der Waals surface area contributed by atoms with Crippen LogP contribution in [0.4, 0.5) is 0 Å². The quantitative estimate of drug-likeness (QED) is 0.827. The number of fused-ring (bicyclic) bond motifs is 2. The zero-order valence-corrected chi connectivity index (χ0v) is 13.6. The molecule has 1 aromatic carbocycles. The normalized spacial score (nSPS) is 27.6. The van der Waals surface area contributed by atoms with Crippen molar-refractivity contribution < 1.29 is 24.3 Å². The van der Waals surface area contributed by atoms with Gasteiger partial charge in [-0.1, -0.05) is 18.6 Å². The van der Waals surface area contributed by atoms with Gasteiger partial charge in [-0.05, 0) is 36.8 Å². The van der Waals surface area contributed by atoms with E-state index in [2.05, 4.69) is 0 Å². The molecule has 2 heterocycles. The summed E-state index contributed by atoms with van der Waals surface area (Å²) in [5, 5.41) is 9.55. The molecule has 1 saturated heterocycles. The van der Waals surface area contributed by atoms with Crippen LogP contribution < -0.4 is 0 Å². The minimum absolute atomic E-state index is 0.0244. The number of likely N-dealkylation sites (tertiary alicyclic amines) is 1. The number of rotatable bonds is 3. The van der Waals surface area contributed by atoms with E-state index in [1.165, 1.54) is 4.90 Å². The van der Waals surface area contributed by atoms with E-state index in [4.69, 9.17) is 0 Å². The minimum atomic E-state index is -1.01. The number of hydrogen-bond acceptors (Lipinski definition) is 4. The Morgan fingerprint density at radius 2 is 1.72 bits per heavy atom. The van der Waals surface area contributed by atoms with Crippen LogP contribution in [0.5, 0.6) is 0 Å². The Morgan fingerprint density at radius 3 is 2.32 bits per heavy atom. The summed E-state index contributed by atoms with van der Waals surface area (Å²) in [7, 11) is 0. The molecule has 1 N–H and O–H groups in total. The molecule has 3 aliphatic rings. The van der Waals surface area contributed by atoms with E-state index >= 15 is 0 Å². The highest BCUT2D eigenvalue weighted by atomic mass is 16.4. The first-order valence-electron chi connectivity index (χ1n) is 8.46. The summed E-state index contributed by atoms with van der Waals surface area (Å²) >= 11 is 0. The molecular weight excluding hydrogens is 324 g/mol. The van der Waals surface area contributed by atoms with Crippen molar-refractivity contribution in [2.45, 2.75) is 25.3 Å². The zero-order valence-electron chi connectivity index (χ0n) is 13.6. The maximum atomic E-state index is 12.7. The Morgan fingerprint density at radius 1 is 1.08 bits per heavy atom. The van der Waals surface area contributed by atoms with E-state index in [1.807, 2.05) is 0 Å². The first kappa shape index (κ1) is 15.8. The van der Waals surface area contributed by atoms with Gasteiger partial charge in [-0.3, -0.25) is 19.3 Å². The summed E-state index contributed by atoms with van der Waals surface area (Å²) in [4.78, 5) is 51.4. The number of carbonyl (C=O) groups excluding carboxylic acids is 3. The fraction of sp³-hybridized carbons (Fsp3) is 0.444. The maximum absolute atomic E-state index is 12.7. The molecule has 1 saturated carbocycles. The van der Waals surface area contributed by atoms with Gasteiger partial charge >= 0.3 is 5.97 Å². The zero-order chi connectivity index (χ0) is 17.7. The van der Waals surface area contributed by atoms with E-state index in [0.29, 0.717) is 6.54 Å². The molecule has 0 spiro atoms. The summed E-state index contributed by atoms with van der Waals surface area (Å²) in [6.45, 7) is -0.0147. The summed E-state index contributed by atoms with van der Waals surface area (Å²) < 4.78 is 0. The van der Waals surface area contributed by atoms with Gasteiger partial charge in [-0.2, -0.15) is 0 Å². The third-order valence-corrected chi connectivity index (χ3v) is 5.64. The molecule has 1 aliphatic carbocycles. The summed E-state index contributed by atoms with van der Waals surface area (Å²) in [5.41, 5.74) is 0.571. The lowest BCUT2D eigenvalue weighted by Crippen LogP contribution is -2.48. The highest BCUT2D eigenvalue weighted by Gasteiger charge is 2.50. The van der Waals surface area contributed by atoms with Gasteiger partial charge in [0.1, 0.15) is 12.6 Å². The average Bonchev–Trinajstić information content (AvgIpc) is 3.23. The van der Waals surface area contributed by atoms with E-state index in [0.717, 1.165) is 24.2 Å². The van der Waals surface area contributed by atoms with Crippen LogP contribution in [0, 0.1) is 11.8 Å². The molecule has 0 radical (unpaired) electrons. The van der Waals surface area contributed by atoms with Crippen LogP contribution in [0.25, 0.3) is 0 Å². The van der Waals surface area contributed by atoms with E-state index in [-0.39, 0.29) is 23.0 Å². The molecule has 3 amide bonds. The molecule has 130 valence electrons. The molecule has 0 aromatic heterocycles. The second kappa shape index (κ2) is 5.68. The first-order chi connectivity index (χ1) is 12.0. The molecule has 4 rings (SSSR count). The SMILES string of the molecule is O=C(O)C1C2CCCC2CN1C(=O)CN1C(=O)c2ccccc2C1=O. The number of carbonyl (C=O) groups is 4. The number of aliphatic carboxylic acids is 1. The predicted octanol–water partition coefficient (Wildman–Crippen LogP) is 0.994. The number of imide groups is 1. The van der Waals surface area contributed by atoms with Crippen LogP contribution in [0.3, 0.4) is 0 Å². The second-order valence-electron chi connectivity index (χ2n) is 6.93. The van der Waals surface area contributed by atoms with Crippen molar-refractivity contribution in [1.29, 1.82) is 0 Å². The van der Waals surface area contributed by atoms with Crippen LogP contribution in [-0.4, -0.2) is 57.7 Å². The molecule has 3 atom stereocenters. The van der Waals surface area contributed by atoms with Gasteiger partial charge in [0.15, 0.2) is 0 Å². The van der Waals surface area contributed by atoms with Crippen molar-refractivity contribution in [2.75, 3.05) is 13.1 Å². The molecule has 0 bridgehead atoms. The van der Waals surface area contributed by atoms with Crippen molar-refractivity contribution in [3.05, 3.63) is 35.4 Å². The van der Waals surface area contributed by atoms with Crippen LogP contribution in [0.1, 0.15) is 40.0 Å². The topological polar surface area (TPSA) is 95.0 Å². The number of amides is 3. The summed E-state index contributed by atoms with van der Waals surface area (Å²) in [6.07, 6.45) is 2.71. The van der Waals surface area contributed by atoms with Gasteiger partial charge in [0.25, 0.3) is 11.8 Å². The van der Waals surface area contributed by atoms with Crippen LogP contribution >= 0.6 is 0 Å². The fourth-order valence-electron chi connectivity index (χ4n) is 4.49. The number of carboxylic acid groups (broad SMARTS) is 1. The Labute approximate surface area is 144 Å². The second-order valence-corrected chi connectivity index (χ2v) is 6.93. The van der Waals surface area contributed by atoms with Gasteiger partial charge in [-0.15, -0.1) is 0 Å². The number of nitrogens with zero attached hydrogens (tertiary/aromatic N) is 2. The van der Waals surface area contributed by atoms with Gasteiger partial charge in [0.2, 0.25) is 5.91 Å². The van der Waals surface area contributed by atoms with Crippen molar-refractivity contribution >= 4 is 23.7 Å². The highest BCUT2D eigenvalue weighted by Crippen LogP contribution is 2.42. The van der Waals surface area contributed by atoms with Crippen molar-refractivity contribution in [2.24, 2.45) is 11.8 Å². The molecular formula is C18H18N2O5. The Kier molecular flexibility index (Phi) is 3.59. The smallest absolute Gasteiger partial charge is 0.326 e. The van der Waals surface area contributed by atoms with Crippen molar-refractivity contribution in [3.8, 4) is 0 Å². The average molecular weight is 342 g/mol. The molecule has 2 aliphatic heterocycles. The Bertz CT molecular complexity index is 754.